The van der Waals surface area contributed by atoms with E-state index in [1.54, 1.807) is 0 Å². The number of nitrogens with zero attached hydrogens (tertiary/aromatic N) is 1. The Morgan fingerprint density at radius 2 is 1.94 bits per heavy atom. The van der Waals surface area contributed by atoms with E-state index >= 15 is 0 Å². The van der Waals surface area contributed by atoms with Gasteiger partial charge in [-0.1, -0.05) is 62.7 Å². The molecule has 1 atom stereocenters. The van der Waals surface area contributed by atoms with Crippen molar-refractivity contribution in [3.63, 3.8) is 0 Å². The summed E-state index contributed by atoms with van der Waals surface area (Å²) in [7, 11) is -0.343. The minimum atomic E-state index is -1.74. The summed E-state index contributed by atoms with van der Waals surface area (Å²) in [5.74, 6) is -0.333. The Hall–Kier alpha value is -1.92. The number of hydrogen-bond acceptors (Lipinski definition) is 4. The predicted molar refractivity (Wildman–Crippen MR) is 153 cm³/mol. The molecule has 0 aromatic heterocycles. The zero-order valence-electron chi connectivity index (χ0n) is 22.8. The van der Waals surface area contributed by atoms with Gasteiger partial charge in [-0.3, -0.25) is 4.90 Å². The lowest BCUT2D eigenvalue weighted by molar-refractivity contribution is -0.134. The van der Waals surface area contributed by atoms with Crippen LogP contribution in [0.5, 0.6) is 0 Å². The average Bonchev–Trinajstić information content (AvgIpc) is 3.24. The standard InChI is InChI=1S/C30H42ClNO3Si/c1-30(2,3)36(5,6)35-20-8-18-32(19-17-23-9-7-10-26(31)22-23)28-15-13-25-21-24(11-14-27(25)28)12-16-29(33)34-4/h7,9-12,14,16,21-22,28H,8,13,15,17-20H2,1-6H3/b16-12+. The van der Waals surface area contributed by atoms with Crippen LogP contribution in [-0.4, -0.2) is 46.0 Å². The molecular weight excluding hydrogens is 486 g/mol. The molecule has 6 heteroatoms. The molecule has 1 aliphatic carbocycles. The van der Waals surface area contributed by atoms with Crippen molar-refractivity contribution in [3.8, 4) is 0 Å². The quantitative estimate of drug-likeness (QED) is 0.131. The van der Waals surface area contributed by atoms with Gasteiger partial charge >= 0.3 is 5.97 Å². The number of carbonyl (C=O) groups is 1. The van der Waals surface area contributed by atoms with E-state index in [1.165, 1.54) is 29.9 Å². The fraction of sp³-hybridized carbons (Fsp3) is 0.500. The maximum atomic E-state index is 11.5. The van der Waals surface area contributed by atoms with E-state index in [9.17, 15) is 4.79 Å². The normalized spacial score (nSPS) is 16.1. The van der Waals surface area contributed by atoms with Crippen molar-refractivity contribution in [2.75, 3.05) is 26.8 Å². The number of ether oxygens (including phenoxy) is 1. The number of methoxy groups -OCH3 is 1. The summed E-state index contributed by atoms with van der Waals surface area (Å²) in [5, 5.41) is 1.02. The number of hydrogen-bond donors (Lipinski definition) is 0. The number of fused-ring (bicyclic) bond motifs is 1. The van der Waals surface area contributed by atoms with E-state index < -0.39 is 8.32 Å². The zero-order chi connectivity index (χ0) is 26.3. The van der Waals surface area contributed by atoms with E-state index in [4.69, 9.17) is 20.8 Å². The maximum Gasteiger partial charge on any atom is 0.330 e. The second-order valence-corrected chi connectivity index (χ2v) is 16.5. The third kappa shape index (κ3) is 7.79. The third-order valence-corrected chi connectivity index (χ3v) is 12.5. The molecule has 0 aliphatic heterocycles. The van der Waals surface area contributed by atoms with Crippen LogP contribution in [0.2, 0.25) is 23.2 Å². The Bertz CT molecular complexity index is 1060. The first-order valence-corrected chi connectivity index (χ1v) is 16.3. The molecule has 0 N–H and O–H groups in total. The van der Waals surface area contributed by atoms with Crippen molar-refractivity contribution in [1.82, 2.24) is 4.90 Å². The van der Waals surface area contributed by atoms with Crippen LogP contribution in [0.25, 0.3) is 6.08 Å². The first-order chi connectivity index (χ1) is 17.0. The molecule has 196 valence electrons. The van der Waals surface area contributed by atoms with Crippen molar-refractivity contribution < 1.29 is 14.0 Å². The molecule has 3 rings (SSSR count). The molecule has 0 radical (unpaired) electrons. The molecule has 2 aromatic carbocycles. The Kier molecular flexibility index (Phi) is 9.99. The summed E-state index contributed by atoms with van der Waals surface area (Å²) in [6.07, 6.45) is 7.46. The van der Waals surface area contributed by atoms with Crippen molar-refractivity contribution in [2.45, 2.75) is 70.6 Å². The number of esters is 1. The van der Waals surface area contributed by atoms with Gasteiger partial charge in [0.15, 0.2) is 8.32 Å². The number of aryl methyl sites for hydroxylation is 1. The molecule has 0 amide bonds. The van der Waals surface area contributed by atoms with Crippen LogP contribution in [-0.2, 0) is 26.8 Å². The lowest BCUT2D eigenvalue weighted by Crippen LogP contribution is -2.41. The minimum Gasteiger partial charge on any atom is -0.466 e. The third-order valence-electron chi connectivity index (χ3n) is 7.70. The number of carbonyl (C=O) groups excluding carboxylic acids is 1. The zero-order valence-corrected chi connectivity index (χ0v) is 24.5. The van der Waals surface area contributed by atoms with Crippen LogP contribution in [0.15, 0.2) is 48.5 Å². The number of rotatable bonds is 11. The van der Waals surface area contributed by atoms with E-state index in [2.05, 4.69) is 69.1 Å². The topological polar surface area (TPSA) is 38.8 Å². The van der Waals surface area contributed by atoms with Crippen LogP contribution in [0.4, 0.5) is 0 Å². The van der Waals surface area contributed by atoms with Crippen molar-refractivity contribution >= 4 is 32.0 Å². The van der Waals surface area contributed by atoms with Gasteiger partial charge in [-0.2, -0.15) is 0 Å². The van der Waals surface area contributed by atoms with Crippen LogP contribution < -0.4 is 0 Å². The Labute approximate surface area is 223 Å². The van der Waals surface area contributed by atoms with Crippen LogP contribution in [0, 0.1) is 0 Å². The first kappa shape index (κ1) is 28.6. The van der Waals surface area contributed by atoms with Gasteiger partial charge in [0.25, 0.3) is 0 Å². The van der Waals surface area contributed by atoms with E-state index in [-0.39, 0.29) is 11.0 Å². The predicted octanol–water partition coefficient (Wildman–Crippen LogP) is 7.47. The van der Waals surface area contributed by atoms with Gasteiger partial charge in [0, 0.05) is 36.8 Å². The smallest absolute Gasteiger partial charge is 0.330 e. The monoisotopic (exact) mass is 527 g/mol. The molecule has 36 heavy (non-hydrogen) atoms. The van der Waals surface area contributed by atoms with E-state index in [0.29, 0.717) is 6.04 Å². The second-order valence-electron chi connectivity index (χ2n) is 11.2. The molecule has 0 fully saturated rings. The Morgan fingerprint density at radius 1 is 1.17 bits per heavy atom. The van der Waals surface area contributed by atoms with Crippen molar-refractivity contribution in [1.29, 1.82) is 0 Å². The van der Waals surface area contributed by atoms with Crippen LogP contribution >= 0.6 is 11.6 Å². The Morgan fingerprint density at radius 3 is 2.64 bits per heavy atom. The van der Waals surface area contributed by atoms with Crippen LogP contribution in [0.1, 0.15) is 61.9 Å². The summed E-state index contributed by atoms with van der Waals surface area (Å²) in [4.78, 5) is 14.1. The van der Waals surface area contributed by atoms with Crippen molar-refractivity contribution in [2.24, 2.45) is 0 Å². The highest BCUT2D eigenvalue weighted by molar-refractivity contribution is 6.74. The summed E-state index contributed by atoms with van der Waals surface area (Å²) < 4.78 is 11.2. The molecule has 0 saturated heterocycles. The van der Waals surface area contributed by atoms with E-state index in [1.807, 2.05) is 18.2 Å². The highest BCUT2D eigenvalue weighted by Crippen LogP contribution is 2.38. The molecular formula is C30H42ClNO3Si. The van der Waals surface area contributed by atoms with Gasteiger partial charge in [-0.05, 0) is 84.3 Å². The van der Waals surface area contributed by atoms with Gasteiger partial charge in [-0.25, -0.2) is 4.79 Å². The summed E-state index contributed by atoms with van der Waals surface area (Å²) >= 11 is 6.24. The van der Waals surface area contributed by atoms with Gasteiger partial charge in [-0.15, -0.1) is 0 Å². The molecule has 0 bridgehead atoms. The number of benzene rings is 2. The van der Waals surface area contributed by atoms with Gasteiger partial charge in [0.1, 0.15) is 0 Å². The molecule has 4 nitrogen and oxygen atoms in total. The maximum absolute atomic E-state index is 11.5. The van der Waals surface area contributed by atoms with Gasteiger partial charge < -0.3 is 9.16 Å². The molecule has 2 aromatic rings. The molecule has 1 aliphatic rings. The fourth-order valence-electron chi connectivity index (χ4n) is 4.53. The highest BCUT2D eigenvalue weighted by Gasteiger charge is 2.37. The largest absolute Gasteiger partial charge is 0.466 e. The van der Waals surface area contributed by atoms with Gasteiger partial charge in [0.05, 0.1) is 7.11 Å². The molecule has 1 unspecified atom stereocenters. The molecule has 0 saturated carbocycles. The average molecular weight is 528 g/mol. The van der Waals surface area contributed by atoms with E-state index in [0.717, 1.165) is 56.0 Å². The fourth-order valence-corrected chi connectivity index (χ4v) is 5.83. The second kappa shape index (κ2) is 12.5. The molecule has 0 heterocycles. The lowest BCUT2D eigenvalue weighted by Gasteiger charge is -2.36. The number of halogens is 1. The summed E-state index contributed by atoms with van der Waals surface area (Å²) in [6, 6.07) is 15.1. The summed E-state index contributed by atoms with van der Waals surface area (Å²) in [6.45, 7) is 14.3. The first-order valence-electron chi connectivity index (χ1n) is 13.0. The molecule has 0 spiro atoms. The SMILES string of the molecule is COC(=O)/C=C/c1ccc2c(c1)CCC2N(CCCO[Si](C)(C)C(C)(C)C)CCc1cccc(Cl)c1. The summed E-state index contributed by atoms with van der Waals surface area (Å²) in [5.41, 5.74) is 5.08. The highest BCUT2D eigenvalue weighted by atomic mass is 35.5. The Balaban J connectivity index is 1.71. The lowest BCUT2D eigenvalue weighted by atomic mass is 10.0. The van der Waals surface area contributed by atoms with Gasteiger partial charge in [0.2, 0.25) is 0 Å². The minimum absolute atomic E-state index is 0.226. The van der Waals surface area contributed by atoms with Crippen molar-refractivity contribution in [3.05, 3.63) is 75.8 Å². The van der Waals surface area contributed by atoms with Crippen LogP contribution in [0.3, 0.4) is 0 Å².